The molecule has 0 aliphatic heterocycles. The molecule has 1 aromatic carbocycles. The second-order valence-corrected chi connectivity index (χ2v) is 7.49. The van der Waals surface area contributed by atoms with Crippen LogP contribution in [0.4, 0.5) is 0 Å². The summed E-state index contributed by atoms with van der Waals surface area (Å²) in [5, 5.41) is 11.7. The van der Waals surface area contributed by atoms with Crippen molar-refractivity contribution in [2.45, 2.75) is 18.7 Å². The molecule has 0 aliphatic rings. The van der Waals surface area contributed by atoms with Crippen molar-refractivity contribution in [3.63, 3.8) is 0 Å². The van der Waals surface area contributed by atoms with Gasteiger partial charge in [0.2, 0.25) is 5.91 Å². The zero-order valence-electron chi connectivity index (χ0n) is 12.1. The number of nitrogens with zero attached hydrogens (tertiary/aromatic N) is 1. The van der Waals surface area contributed by atoms with E-state index in [0.717, 1.165) is 0 Å². The number of nitrogens with one attached hydrogen (secondary N) is 1. The lowest BCUT2D eigenvalue weighted by molar-refractivity contribution is -0.125. The van der Waals surface area contributed by atoms with Crippen molar-refractivity contribution in [3.8, 4) is 6.07 Å². The van der Waals surface area contributed by atoms with Gasteiger partial charge in [0.15, 0.2) is 9.84 Å². The lowest BCUT2D eigenvalue weighted by Crippen LogP contribution is -2.41. The van der Waals surface area contributed by atoms with E-state index in [-0.39, 0.29) is 17.2 Å². The standard InChI is InChI=1S/C14H19N3O3S/c1-14(2,13(16)18)10-17-6-7-21(19,20)12-5-3-4-11(8-12)9-15/h3-5,8,17H,6-7,10H2,1-2H3,(H2,16,18). The summed E-state index contributed by atoms with van der Waals surface area (Å²) in [5.74, 6) is -0.559. The van der Waals surface area contributed by atoms with Crippen LogP contribution >= 0.6 is 0 Å². The summed E-state index contributed by atoms with van der Waals surface area (Å²) < 4.78 is 24.2. The minimum absolute atomic E-state index is 0.114. The van der Waals surface area contributed by atoms with Crippen LogP contribution in [0.2, 0.25) is 0 Å². The molecule has 0 fully saturated rings. The maximum Gasteiger partial charge on any atom is 0.224 e. The van der Waals surface area contributed by atoms with E-state index in [1.807, 2.05) is 6.07 Å². The first kappa shape index (κ1) is 17.1. The molecule has 0 bridgehead atoms. The smallest absolute Gasteiger partial charge is 0.224 e. The number of amides is 1. The van der Waals surface area contributed by atoms with Crippen molar-refractivity contribution in [1.29, 1.82) is 5.26 Å². The lowest BCUT2D eigenvalue weighted by atomic mass is 9.93. The molecule has 3 N–H and O–H groups in total. The molecule has 0 saturated heterocycles. The summed E-state index contributed by atoms with van der Waals surface area (Å²) in [5.41, 5.74) is 4.81. The zero-order chi connectivity index (χ0) is 16.1. The van der Waals surface area contributed by atoms with Crippen LogP contribution in [-0.4, -0.2) is 33.2 Å². The number of carbonyl (C=O) groups is 1. The molecule has 0 unspecified atom stereocenters. The Hall–Kier alpha value is -1.91. The summed E-state index contributed by atoms with van der Waals surface area (Å²) in [6, 6.07) is 7.80. The Kier molecular flexibility index (Phi) is 5.47. The van der Waals surface area contributed by atoms with Gasteiger partial charge in [-0.25, -0.2) is 8.42 Å². The number of sulfone groups is 1. The lowest BCUT2D eigenvalue weighted by Gasteiger charge is -2.20. The molecule has 1 aromatic rings. The average Bonchev–Trinajstić information content (AvgIpc) is 2.43. The average molecular weight is 309 g/mol. The fourth-order valence-electron chi connectivity index (χ4n) is 1.57. The summed E-state index contributed by atoms with van der Waals surface area (Å²) in [4.78, 5) is 11.3. The summed E-state index contributed by atoms with van der Waals surface area (Å²) in [6.45, 7) is 3.88. The highest BCUT2D eigenvalue weighted by molar-refractivity contribution is 7.91. The van der Waals surface area contributed by atoms with Gasteiger partial charge in [0, 0.05) is 13.1 Å². The minimum Gasteiger partial charge on any atom is -0.369 e. The van der Waals surface area contributed by atoms with Gasteiger partial charge in [0.25, 0.3) is 0 Å². The number of nitrogens with two attached hydrogens (primary N) is 1. The minimum atomic E-state index is -3.46. The van der Waals surface area contributed by atoms with E-state index >= 15 is 0 Å². The molecular formula is C14H19N3O3S. The fraction of sp³-hybridized carbons (Fsp3) is 0.429. The maximum absolute atomic E-state index is 12.1. The Morgan fingerprint density at radius 3 is 2.67 bits per heavy atom. The third-order valence-corrected chi connectivity index (χ3v) is 4.82. The summed E-state index contributed by atoms with van der Waals surface area (Å²) >= 11 is 0. The van der Waals surface area contributed by atoms with E-state index in [2.05, 4.69) is 5.32 Å². The van der Waals surface area contributed by atoms with Crippen LogP contribution in [0.5, 0.6) is 0 Å². The van der Waals surface area contributed by atoms with Crippen LogP contribution in [0.15, 0.2) is 29.2 Å². The number of hydrogen-bond donors (Lipinski definition) is 2. The molecule has 0 aliphatic carbocycles. The van der Waals surface area contributed by atoms with Crippen LogP contribution in [0, 0.1) is 16.7 Å². The molecular weight excluding hydrogens is 290 g/mol. The Bertz CT molecular complexity index is 660. The molecule has 7 heteroatoms. The third-order valence-electron chi connectivity index (χ3n) is 3.10. The van der Waals surface area contributed by atoms with Crippen molar-refractivity contribution in [2.24, 2.45) is 11.1 Å². The third kappa shape index (κ3) is 4.85. The highest BCUT2D eigenvalue weighted by Crippen LogP contribution is 2.14. The van der Waals surface area contributed by atoms with Gasteiger partial charge < -0.3 is 11.1 Å². The highest BCUT2D eigenvalue weighted by Gasteiger charge is 2.24. The Morgan fingerprint density at radius 1 is 1.43 bits per heavy atom. The second-order valence-electron chi connectivity index (χ2n) is 5.38. The van der Waals surface area contributed by atoms with Crippen LogP contribution in [0.3, 0.4) is 0 Å². The number of primary amides is 1. The van der Waals surface area contributed by atoms with Crippen molar-refractivity contribution in [2.75, 3.05) is 18.8 Å². The molecule has 1 amide bonds. The molecule has 114 valence electrons. The molecule has 1 rings (SSSR count). The van der Waals surface area contributed by atoms with Gasteiger partial charge in [-0.1, -0.05) is 6.07 Å². The monoisotopic (exact) mass is 309 g/mol. The number of nitriles is 1. The second kappa shape index (κ2) is 6.70. The normalized spacial score (nSPS) is 11.9. The molecule has 0 atom stereocenters. The number of rotatable bonds is 7. The zero-order valence-corrected chi connectivity index (χ0v) is 12.9. The van der Waals surface area contributed by atoms with E-state index in [0.29, 0.717) is 12.1 Å². The number of carbonyl (C=O) groups excluding carboxylic acids is 1. The molecule has 0 saturated carbocycles. The number of benzene rings is 1. The predicted octanol–water partition coefficient (Wildman–Crippen LogP) is 0.433. The summed E-state index contributed by atoms with van der Waals surface area (Å²) in [7, 11) is -3.46. The Balaban J connectivity index is 2.62. The van der Waals surface area contributed by atoms with Crippen LogP contribution in [0.1, 0.15) is 19.4 Å². The summed E-state index contributed by atoms with van der Waals surface area (Å²) in [6.07, 6.45) is 0. The van der Waals surface area contributed by atoms with Crippen LogP contribution < -0.4 is 11.1 Å². The van der Waals surface area contributed by atoms with Crippen molar-refractivity contribution in [3.05, 3.63) is 29.8 Å². The highest BCUT2D eigenvalue weighted by atomic mass is 32.2. The maximum atomic E-state index is 12.1. The molecule has 0 radical (unpaired) electrons. The van der Waals surface area contributed by atoms with Crippen LogP contribution in [0.25, 0.3) is 0 Å². The van der Waals surface area contributed by atoms with E-state index in [1.165, 1.54) is 18.2 Å². The van der Waals surface area contributed by atoms with Crippen molar-refractivity contribution >= 4 is 15.7 Å². The van der Waals surface area contributed by atoms with E-state index < -0.39 is 21.2 Å². The molecule has 6 nitrogen and oxygen atoms in total. The Labute approximate surface area is 124 Å². The van der Waals surface area contributed by atoms with E-state index in [9.17, 15) is 13.2 Å². The first-order chi connectivity index (χ1) is 9.69. The topological polar surface area (TPSA) is 113 Å². The molecule has 0 heterocycles. The molecule has 0 aromatic heterocycles. The van der Waals surface area contributed by atoms with Gasteiger partial charge in [-0.05, 0) is 32.0 Å². The number of hydrogen-bond acceptors (Lipinski definition) is 5. The van der Waals surface area contributed by atoms with Gasteiger partial charge in [-0.2, -0.15) is 5.26 Å². The van der Waals surface area contributed by atoms with Crippen LogP contribution in [-0.2, 0) is 14.6 Å². The largest absolute Gasteiger partial charge is 0.369 e. The first-order valence-electron chi connectivity index (χ1n) is 6.42. The molecule has 0 spiro atoms. The fourth-order valence-corrected chi connectivity index (χ4v) is 2.81. The van der Waals surface area contributed by atoms with Gasteiger partial charge in [-0.15, -0.1) is 0 Å². The van der Waals surface area contributed by atoms with Gasteiger partial charge in [0.05, 0.1) is 27.7 Å². The molecule has 21 heavy (non-hydrogen) atoms. The van der Waals surface area contributed by atoms with Crippen molar-refractivity contribution in [1.82, 2.24) is 5.32 Å². The van der Waals surface area contributed by atoms with Gasteiger partial charge >= 0.3 is 0 Å². The Morgan fingerprint density at radius 2 is 2.10 bits per heavy atom. The predicted molar refractivity (Wildman–Crippen MR) is 79.1 cm³/mol. The quantitative estimate of drug-likeness (QED) is 0.709. The van der Waals surface area contributed by atoms with E-state index in [4.69, 9.17) is 11.0 Å². The SMILES string of the molecule is CC(C)(CNCCS(=O)(=O)c1cccc(C#N)c1)C(N)=O. The van der Waals surface area contributed by atoms with Crippen molar-refractivity contribution < 1.29 is 13.2 Å². The van der Waals surface area contributed by atoms with Gasteiger partial charge in [0.1, 0.15) is 0 Å². The van der Waals surface area contributed by atoms with Gasteiger partial charge in [-0.3, -0.25) is 4.79 Å². The first-order valence-corrected chi connectivity index (χ1v) is 8.08. The van der Waals surface area contributed by atoms with E-state index in [1.54, 1.807) is 19.9 Å².